The van der Waals surface area contributed by atoms with E-state index < -0.39 is 29.1 Å². The number of ether oxygens (including phenoxy) is 1. The number of hydrogen-bond acceptors (Lipinski definition) is 1. The maximum Gasteiger partial charge on any atom is 0.426 e. The van der Waals surface area contributed by atoms with Crippen molar-refractivity contribution >= 4 is 0 Å². The molecule has 0 saturated heterocycles. The van der Waals surface area contributed by atoms with Crippen molar-refractivity contribution in [2.24, 2.45) is 5.92 Å². The van der Waals surface area contributed by atoms with Crippen LogP contribution in [0.3, 0.4) is 0 Å². The van der Waals surface area contributed by atoms with Crippen molar-refractivity contribution in [1.29, 1.82) is 0 Å². The van der Waals surface area contributed by atoms with Gasteiger partial charge in [-0.15, -0.1) is 0 Å². The van der Waals surface area contributed by atoms with E-state index >= 15 is 0 Å². The molecule has 0 atom stereocenters. The van der Waals surface area contributed by atoms with Crippen LogP contribution in [0.25, 0.3) is 11.1 Å². The maximum atomic E-state index is 14.3. The fourth-order valence-corrected chi connectivity index (χ4v) is 4.19. The Bertz CT molecular complexity index is 1050. The van der Waals surface area contributed by atoms with Gasteiger partial charge in [0.25, 0.3) is 0 Å². The molecule has 0 heterocycles. The van der Waals surface area contributed by atoms with Crippen molar-refractivity contribution in [1.82, 2.24) is 0 Å². The van der Waals surface area contributed by atoms with Gasteiger partial charge in [0.2, 0.25) is 0 Å². The second-order valence-corrected chi connectivity index (χ2v) is 8.48. The number of hydrogen-bond donors (Lipinski definition) is 0. The summed E-state index contributed by atoms with van der Waals surface area (Å²) in [5.41, 5.74) is 1.98. The van der Waals surface area contributed by atoms with Gasteiger partial charge in [0.05, 0.1) is 5.56 Å². The summed E-state index contributed by atoms with van der Waals surface area (Å²) < 4.78 is 73.0. The van der Waals surface area contributed by atoms with Crippen LogP contribution in [0.1, 0.15) is 49.7 Å². The minimum Gasteiger partial charge on any atom is -0.429 e. The minimum absolute atomic E-state index is 0.183. The molecule has 0 unspecified atom stereocenters. The third kappa shape index (κ3) is 4.79. The summed E-state index contributed by atoms with van der Waals surface area (Å²) >= 11 is 0. The molecule has 0 amide bonds. The number of halogens is 5. The van der Waals surface area contributed by atoms with Crippen LogP contribution in [0, 0.1) is 23.4 Å². The molecule has 0 aromatic heterocycles. The van der Waals surface area contributed by atoms with Gasteiger partial charge in [-0.2, -0.15) is 8.78 Å². The lowest BCUT2D eigenvalue weighted by atomic mass is 9.79. The van der Waals surface area contributed by atoms with E-state index in [1.54, 1.807) is 12.1 Å². The molecule has 0 radical (unpaired) electrons. The Balaban J connectivity index is 1.46. The van der Waals surface area contributed by atoms with E-state index in [1.807, 2.05) is 12.1 Å². The molecule has 3 aromatic carbocycles. The molecule has 4 rings (SSSR count). The summed E-state index contributed by atoms with van der Waals surface area (Å²) in [4.78, 5) is 0. The van der Waals surface area contributed by atoms with Crippen LogP contribution in [0.2, 0.25) is 0 Å². The summed E-state index contributed by atoms with van der Waals surface area (Å²) in [5.74, 6) is -4.02. The molecule has 6 heteroatoms. The van der Waals surface area contributed by atoms with E-state index in [-0.39, 0.29) is 17.9 Å². The fourth-order valence-electron chi connectivity index (χ4n) is 4.19. The van der Waals surface area contributed by atoms with Gasteiger partial charge < -0.3 is 4.74 Å². The largest absolute Gasteiger partial charge is 0.429 e. The summed E-state index contributed by atoms with van der Waals surface area (Å²) in [6.07, 6.45) is 0.854. The first-order chi connectivity index (χ1) is 15.2. The first-order valence-corrected chi connectivity index (χ1v) is 10.6. The average Bonchev–Trinajstić information content (AvgIpc) is 2.78. The minimum atomic E-state index is -4.03. The van der Waals surface area contributed by atoms with Gasteiger partial charge in [-0.3, -0.25) is 0 Å². The Morgan fingerprint density at radius 2 is 1.25 bits per heavy atom. The molecule has 1 nitrogen and oxygen atoms in total. The molecular weight excluding hydrogens is 423 g/mol. The Hall–Kier alpha value is -2.89. The van der Waals surface area contributed by atoms with E-state index in [4.69, 9.17) is 0 Å². The van der Waals surface area contributed by atoms with Crippen molar-refractivity contribution in [2.45, 2.75) is 44.6 Å². The molecule has 0 spiro atoms. The van der Waals surface area contributed by atoms with E-state index in [9.17, 15) is 22.0 Å². The monoisotopic (exact) mass is 446 g/mol. The molecule has 1 aliphatic rings. The molecule has 0 bridgehead atoms. The van der Waals surface area contributed by atoms with Crippen LogP contribution in [0.4, 0.5) is 22.0 Å². The van der Waals surface area contributed by atoms with E-state index in [0.717, 1.165) is 17.0 Å². The van der Waals surface area contributed by atoms with Crippen molar-refractivity contribution in [2.75, 3.05) is 0 Å². The highest BCUT2D eigenvalue weighted by atomic mass is 19.3. The highest BCUT2D eigenvalue weighted by Crippen LogP contribution is 2.37. The zero-order valence-corrected chi connectivity index (χ0v) is 17.6. The van der Waals surface area contributed by atoms with Gasteiger partial charge in [0.1, 0.15) is 5.75 Å². The summed E-state index contributed by atoms with van der Waals surface area (Å²) in [5, 5.41) is 0. The summed E-state index contributed by atoms with van der Waals surface area (Å²) in [6.45, 7) is 2.29. The van der Waals surface area contributed by atoms with Gasteiger partial charge in [-0.25, -0.2) is 13.2 Å². The lowest BCUT2D eigenvalue weighted by Gasteiger charge is -2.26. The highest BCUT2D eigenvalue weighted by molar-refractivity contribution is 5.64. The SMILES string of the molecule is CC1CCC(c2ccc(-c3ccc(OC(F)(F)c4cc(F)c(F)c(F)c4)cc3)cc2)CC1. The van der Waals surface area contributed by atoms with Crippen LogP contribution in [0.5, 0.6) is 5.75 Å². The Kier molecular flexibility index (Phi) is 6.22. The molecule has 1 fully saturated rings. The summed E-state index contributed by atoms with van der Waals surface area (Å²) in [7, 11) is 0. The lowest BCUT2D eigenvalue weighted by molar-refractivity contribution is -0.185. The quantitative estimate of drug-likeness (QED) is 0.284. The first-order valence-electron chi connectivity index (χ1n) is 10.6. The topological polar surface area (TPSA) is 9.23 Å². The number of alkyl halides is 2. The molecule has 32 heavy (non-hydrogen) atoms. The fraction of sp³-hybridized carbons (Fsp3) is 0.308. The molecule has 168 valence electrons. The summed E-state index contributed by atoms with van der Waals surface area (Å²) in [6, 6.07) is 14.7. The van der Waals surface area contributed by atoms with Gasteiger partial charge in [-0.1, -0.05) is 56.2 Å². The van der Waals surface area contributed by atoms with Crippen molar-refractivity contribution < 1.29 is 26.7 Å². The highest BCUT2D eigenvalue weighted by Gasteiger charge is 2.36. The molecular formula is C26H23F5O. The van der Waals surface area contributed by atoms with Gasteiger partial charge in [0, 0.05) is 0 Å². The standard InChI is InChI=1S/C26H23F5O/c1-16-2-4-17(5-3-16)18-6-8-19(9-7-18)20-10-12-22(13-11-20)32-26(30,31)21-14-23(27)25(29)24(28)15-21/h6-17H,2-5H2,1H3. The van der Waals surface area contributed by atoms with Crippen molar-refractivity contribution in [3.63, 3.8) is 0 Å². The van der Waals surface area contributed by atoms with Crippen LogP contribution >= 0.6 is 0 Å². The van der Waals surface area contributed by atoms with E-state index in [1.165, 1.54) is 43.4 Å². The Labute approximate surface area is 183 Å². The lowest BCUT2D eigenvalue weighted by Crippen LogP contribution is -2.22. The smallest absolute Gasteiger partial charge is 0.426 e. The zero-order valence-electron chi connectivity index (χ0n) is 17.6. The molecule has 1 saturated carbocycles. The Morgan fingerprint density at radius 3 is 1.78 bits per heavy atom. The van der Waals surface area contributed by atoms with Gasteiger partial charge in [0.15, 0.2) is 17.5 Å². The van der Waals surface area contributed by atoms with Crippen LogP contribution in [0.15, 0.2) is 60.7 Å². The average molecular weight is 446 g/mol. The van der Waals surface area contributed by atoms with Crippen LogP contribution in [-0.4, -0.2) is 0 Å². The predicted molar refractivity (Wildman–Crippen MR) is 113 cm³/mol. The second kappa shape index (κ2) is 8.93. The molecule has 1 aliphatic carbocycles. The molecule has 0 aliphatic heterocycles. The molecule has 3 aromatic rings. The first kappa shape index (κ1) is 22.3. The van der Waals surface area contributed by atoms with Crippen molar-refractivity contribution in [3.8, 4) is 16.9 Å². The normalized spacial score (nSPS) is 19.1. The maximum absolute atomic E-state index is 14.3. The third-order valence-corrected chi connectivity index (χ3v) is 6.15. The van der Waals surface area contributed by atoms with E-state index in [0.29, 0.717) is 5.92 Å². The van der Waals surface area contributed by atoms with Crippen LogP contribution in [-0.2, 0) is 6.11 Å². The van der Waals surface area contributed by atoms with Gasteiger partial charge >= 0.3 is 6.11 Å². The number of benzene rings is 3. The van der Waals surface area contributed by atoms with E-state index in [2.05, 4.69) is 23.8 Å². The third-order valence-electron chi connectivity index (χ3n) is 6.15. The van der Waals surface area contributed by atoms with Crippen molar-refractivity contribution in [3.05, 3.63) is 89.2 Å². The Morgan fingerprint density at radius 1 is 0.750 bits per heavy atom. The van der Waals surface area contributed by atoms with Crippen LogP contribution < -0.4 is 4.74 Å². The zero-order chi connectivity index (χ0) is 22.9. The van der Waals surface area contributed by atoms with Gasteiger partial charge in [-0.05, 0) is 65.6 Å². The second-order valence-electron chi connectivity index (χ2n) is 8.48. The predicted octanol–water partition coefficient (Wildman–Crippen LogP) is 8.19. The number of rotatable bonds is 5. The molecule has 0 N–H and O–H groups in total.